The third-order valence-corrected chi connectivity index (χ3v) is 5.56. The zero-order valence-corrected chi connectivity index (χ0v) is 17.0. The lowest BCUT2D eigenvalue weighted by Gasteiger charge is -2.13. The molecule has 8 heteroatoms. The van der Waals surface area contributed by atoms with Crippen molar-refractivity contribution in [2.45, 2.75) is 20.0 Å². The smallest absolute Gasteiger partial charge is 0.308 e. The number of anilines is 1. The summed E-state index contributed by atoms with van der Waals surface area (Å²) in [6, 6.07) is 15.2. The predicted molar refractivity (Wildman–Crippen MR) is 115 cm³/mol. The van der Waals surface area contributed by atoms with Gasteiger partial charge in [0.2, 0.25) is 5.91 Å². The molecule has 0 aliphatic heterocycles. The summed E-state index contributed by atoms with van der Waals surface area (Å²) >= 11 is 1.07. The van der Waals surface area contributed by atoms with Crippen LogP contribution < -0.4 is 10.2 Å². The maximum Gasteiger partial charge on any atom is 0.308 e. The van der Waals surface area contributed by atoms with E-state index in [1.165, 1.54) is 16.7 Å². The van der Waals surface area contributed by atoms with Gasteiger partial charge in [0.05, 0.1) is 12.2 Å². The zero-order chi connectivity index (χ0) is 21.1. The molecule has 1 N–H and O–H groups in total. The van der Waals surface area contributed by atoms with Gasteiger partial charge in [-0.2, -0.15) is 5.10 Å². The van der Waals surface area contributed by atoms with Gasteiger partial charge in [0, 0.05) is 23.0 Å². The van der Waals surface area contributed by atoms with Crippen molar-refractivity contribution in [3.8, 4) is 11.3 Å². The number of para-hydroxylation sites is 1. The van der Waals surface area contributed by atoms with Crippen LogP contribution >= 0.6 is 11.3 Å². The number of carbonyl (C=O) groups excluding carboxylic acids is 1. The largest absolute Gasteiger partial charge is 0.324 e. The summed E-state index contributed by atoms with van der Waals surface area (Å²) in [6.07, 6.45) is 3.55. The molecule has 152 valence electrons. The quantitative estimate of drug-likeness (QED) is 0.512. The molecule has 0 aliphatic rings. The number of nitrogens with one attached hydrogen (secondary N) is 1. The van der Waals surface area contributed by atoms with Crippen molar-refractivity contribution in [1.82, 2.24) is 14.3 Å². The van der Waals surface area contributed by atoms with Gasteiger partial charge in [0.15, 0.2) is 0 Å². The van der Waals surface area contributed by atoms with E-state index >= 15 is 0 Å². The Hall–Kier alpha value is -3.52. The van der Waals surface area contributed by atoms with Crippen molar-refractivity contribution in [2.75, 3.05) is 5.32 Å². The number of amides is 1. The number of thiazole rings is 1. The summed E-state index contributed by atoms with van der Waals surface area (Å²) in [5.41, 5.74) is 2.90. The molecule has 0 atom stereocenters. The molecule has 30 heavy (non-hydrogen) atoms. The number of halogens is 1. The lowest BCUT2D eigenvalue weighted by Crippen LogP contribution is -2.25. The number of aryl methyl sites for hydroxylation is 1. The Morgan fingerprint density at radius 1 is 1.13 bits per heavy atom. The van der Waals surface area contributed by atoms with Crippen LogP contribution in [0.3, 0.4) is 0 Å². The minimum atomic E-state index is -0.355. The lowest BCUT2D eigenvalue weighted by molar-refractivity contribution is -0.116. The molecule has 0 saturated heterocycles. The van der Waals surface area contributed by atoms with Crippen molar-refractivity contribution in [1.29, 1.82) is 0 Å². The first kappa shape index (κ1) is 19.8. The Bertz CT molecular complexity index is 1230. The van der Waals surface area contributed by atoms with Crippen molar-refractivity contribution in [2.24, 2.45) is 0 Å². The minimum Gasteiger partial charge on any atom is -0.324 e. The van der Waals surface area contributed by atoms with Gasteiger partial charge in [-0.15, -0.1) is 0 Å². The topological polar surface area (TPSA) is 68.9 Å². The predicted octanol–water partition coefficient (Wildman–Crippen LogP) is 3.91. The summed E-state index contributed by atoms with van der Waals surface area (Å²) in [4.78, 5) is 25.8. The van der Waals surface area contributed by atoms with E-state index in [1.54, 1.807) is 23.0 Å². The highest BCUT2D eigenvalue weighted by Crippen LogP contribution is 2.25. The Morgan fingerprint density at radius 2 is 1.90 bits per heavy atom. The molecule has 1 amide bonds. The molecule has 0 radical (unpaired) electrons. The van der Waals surface area contributed by atoms with E-state index in [9.17, 15) is 14.0 Å². The second kappa shape index (κ2) is 8.46. The fourth-order valence-electron chi connectivity index (χ4n) is 3.31. The molecule has 0 unspecified atom stereocenters. The first-order valence-electron chi connectivity index (χ1n) is 9.32. The van der Waals surface area contributed by atoms with Gasteiger partial charge < -0.3 is 5.32 Å². The Morgan fingerprint density at radius 3 is 2.63 bits per heavy atom. The first-order chi connectivity index (χ1) is 14.5. The molecular weight excluding hydrogens is 403 g/mol. The number of nitrogens with zero attached hydrogens (tertiary/aromatic N) is 3. The highest BCUT2D eigenvalue weighted by molar-refractivity contribution is 7.09. The third-order valence-electron chi connectivity index (χ3n) is 4.67. The summed E-state index contributed by atoms with van der Waals surface area (Å²) in [5, 5.41) is 7.10. The van der Waals surface area contributed by atoms with Crippen LogP contribution in [0.2, 0.25) is 0 Å². The van der Waals surface area contributed by atoms with Crippen molar-refractivity contribution in [3.63, 3.8) is 0 Å². The van der Waals surface area contributed by atoms with Gasteiger partial charge in [-0.3, -0.25) is 18.8 Å². The van der Waals surface area contributed by atoms with Gasteiger partial charge in [-0.1, -0.05) is 29.5 Å². The second-order valence-corrected chi connectivity index (χ2v) is 7.94. The molecule has 2 aromatic heterocycles. The fourth-order valence-corrected chi connectivity index (χ4v) is 4.16. The summed E-state index contributed by atoms with van der Waals surface area (Å²) in [6.45, 7) is 2.20. The number of carbonyl (C=O) groups is 1. The van der Waals surface area contributed by atoms with Crippen LogP contribution in [0.25, 0.3) is 11.3 Å². The highest BCUT2D eigenvalue weighted by atomic mass is 32.1. The average Bonchev–Trinajstić information content (AvgIpc) is 3.32. The van der Waals surface area contributed by atoms with Gasteiger partial charge in [0.1, 0.15) is 12.4 Å². The number of hydrogen-bond acceptors (Lipinski definition) is 4. The number of hydrogen-bond donors (Lipinski definition) is 1. The normalized spacial score (nSPS) is 10.9. The molecule has 0 aliphatic carbocycles. The van der Waals surface area contributed by atoms with Gasteiger partial charge in [-0.05, 0) is 54.4 Å². The molecule has 0 spiro atoms. The van der Waals surface area contributed by atoms with Crippen LogP contribution in [0.15, 0.2) is 71.8 Å². The van der Waals surface area contributed by atoms with Crippen LogP contribution in [0.4, 0.5) is 10.1 Å². The van der Waals surface area contributed by atoms with E-state index in [1.807, 2.05) is 43.5 Å². The molecule has 0 saturated carbocycles. The van der Waals surface area contributed by atoms with Crippen LogP contribution in [0.5, 0.6) is 0 Å². The van der Waals surface area contributed by atoms with E-state index in [-0.39, 0.29) is 23.1 Å². The van der Waals surface area contributed by atoms with Gasteiger partial charge >= 0.3 is 4.87 Å². The fraction of sp³-hybridized carbons (Fsp3) is 0.136. The Labute approximate surface area is 176 Å². The molecule has 2 heterocycles. The van der Waals surface area contributed by atoms with E-state index in [2.05, 4.69) is 10.4 Å². The minimum absolute atomic E-state index is 0.133. The van der Waals surface area contributed by atoms with Gasteiger partial charge in [0.25, 0.3) is 0 Å². The van der Waals surface area contributed by atoms with Crippen molar-refractivity contribution < 1.29 is 9.18 Å². The van der Waals surface area contributed by atoms with E-state index in [0.29, 0.717) is 23.5 Å². The average molecular weight is 422 g/mol. The summed E-state index contributed by atoms with van der Waals surface area (Å²) in [7, 11) is 0. The SMILES string of the molecule is Cc1sc(=O)n(CC(=O)Nc2ccccc2Cn2cccn2)c1-c1ccc(F)cc1. The lowest BCUT2D eigenvalue weighted by atomic mass is 10.1. The third kappa shape index (κ3) is 4.23. The number of rotatable bonds is 6. The number of benzene rings is 2. The Balaban J connectivity index is 1.57. The molecule has 2 aromatic carbocycles. The van der Waals surface area contributed by atoms with Crippen LogP contribution in [-0.4, -0.2) is 20.3 Å². The maximum absolute atomic E-state index is 13.3. The standard InChI is InChI=1S/C22H19FN4O2S/c1-15-21(16-7-9-18(23)10-8-16)27(22(29)30-15)14-20(28)25-19-6-3-2-5-17(19)13-26-12-4-11-24-26/h2-12H,13-14H2,1H3,(H,25,28). The molecule has 0 bridgehead atoms. The number of aromatic nitrogens is 3. The highest BCUT2D eigenvalue weighted by Gasteiger charge is 2.17. The maximum atomic E-state index is 13.3. The van der Waals surface area contributed by atoms with E-state index in [0.717, 1.165) is 21.8 Å². The molecular formula is C22H19FN4O2S. The molecule has 0 fully saturated rings. The van der Waals surface area contributed by atoms with Crippen molar-refractivity contribution >= 4 is 22.9 Å². The molecule has 4 rings (SSSR count). The van der Waals surface area contributed by atoms with Crippen LogP contribution in [0.1, 0.15) is 10.4 Å². The van der Waals surface area contributed by atoms with E-state index < -0.39 is 0 Å². The zero-order valence-electron chi connectivity index (χ0n) is 16.2. The molecule has 4 aromatic rings. The van der Waals surface area contributed by atoms with Crippen LogP contribution in [-0.2, 0) is 17.9 Å². The van der Waals surface area contributed by atoms with Crippen LogP contribution in [0, 0.1) is 12.7 Å². The summed E-state index contributed by atoms with van der Waals surface area (Å²) in [5.74, 6) is -0.668. The second-order valence-electron chi connectivity index (χ2n) is 6.77. The first-order valence-corrected chi connectivity index (χ1v) is 10.1. The van der Waals surface area contributed by atoms with Crippen molar-refractivity contribution in [3.05, 3.63) is 92.9 Å². The Kier molecular flexibility index (Phi) is 5.58. The summed E-state index contributed by atoms with van der Waals surface area (Å²) < 4.78 is 16.5. The van der Waals surface area contributed by atoms with E-state index in [4.69, 9.17) is 0 Å². The molecule has 6 nitrogen and oxygen atoms in total. The van der Waals surface area contributed by atoms with Gasteiger partial charge in [-0.25, -0.2) is 4.39 Å². The monoisotopic (exact) mass is 422 g/mol.